The van der Waals surface area contributed by atoms with Gasteiger partial charge in [0, 0.05) is 24.2 Å². The van der Waals surface area contributed by atoms with Crippen LogP contribution in [-0.2, 0) is 9.59 Å². The van der Waals surface area contributed by atoms with Gasteiger partial charge in [0.1, 0.15) is 5.75 Å². The highest BCUT2D eigenvalue weighted by molar-refractivity contribution is 6.34. The third kappa shape index (κ3) is 3.54. The number of alkyl halides is 3. The first kappa shape index (κ1) is 18.7. The van der Waals surface area contributed by atoms with E-state index in [1.165, 1.54) is 18.2 Å². The normalized spacial score (nSPS) is 21.0. The Kier molecular flexibility index (Phi) is 5.19. The topological polar surface area (TPSA) is 66.8 Å². The molecule has 0 spiro atoms. The number of hydrogen-bond acceptors (Lipinski definition) is 3. The molecule has 24 heavy (non-hydrogen) atoms. The van der Waals surface area contributed by atoms with Gasteiger partial charge in [0.05, 0.1) is 5.02 Å². The van der Waals surface area contributed by atoms with Crippen LogP contribution in [0.4, 0.5) is 13.2 Å². The van der Waals surface area contributed by atoms with Crippen LogP contribution < -0.4 is 4.74 Å². The molecule has 10 heteroatoms. The molecule has 5 nitrogen and oxygen atoms in total. The molecule has 1 aliphatic rings. The minimum Gasteiger partial charge on any atom is -0.482 e. The fourth-order valence-corrected chi connectivity index (χ4v) is 2.70. The van der Waals surface area contributed by atoms with E-state index >= 15 is 0 Å². The first-order valence-corrected chi connectivity index (χ1v) is 7.48. The van der Waals surface area contributed by atoms with Crippen LogP contribution in [0.5, 0.6) is 5.75 Å². The lowest BCUT2D eigenvalue weighted by atomic mass is 9.86. The molecule has 0 aliphatic carbocycles. The number of amides is 1. The third-order valence-corrected chi connectivity index (χ3v) is 4.37. The van der Waals surface area contributed by atoms with Gasteiger partial charge in [-0.3, -0.25) is 9.59 Å². The Bertz CT molecular complexity index is 668. The number of carbonyl (C=O) groups is 2. The number of carbonyl (C=O) groups excluding carboxylic acids is 1. The van der Waals surface area contributed by atoms with Gasteiger partial charge in [-0.05, 0) is 18.6 Å². The van der Waals surface area contributed by atoms with Crippen molar-refractivity contribution in [2.24, 2.45) is 5.41 Å². The Labute approximate surface area is 144 Å². The Morgan fingerprint density at radius 1 is 1.33 bits per heavy atom. The van der Waals surface area contributed by atoms with E-state index in [0.717, 1.165) is 4.90 Å². The quantitative estimate of drug-likeness (QED) is 0.863. The van der Waals surface area contributed by atoms with E-state index in [1.54, 1.807) is 0 Å². The van der Waals surface area contributed by atoms with Gasteiger partial charge >= 0.3 is 12.1 Å². The van der Waals surface area contributed by atoms with Gasteiger partial charge in [0.25, 0.3) is 5.91 Å². The fraction of sp³-hybridized carbons (Fsp3) is 0.429. The number of aliphatic carboxylic acids is 1. The molecule has 1 aromatic rings. The van der Waals surface area contributed by atoms with E-state index in [2.05, 4.69) is 0 Å². The molecule has 0 bridgehead atoms. The van der Waals surface area contributed by atoms with E-state index < -0.39 is 43.0 Å². The molecule has 132 valence electrons. The predicted octanol–water partition coefficient (Wildman–Crippen LogP) is 3.24. The van der Waals surface area contributed by atoms with Crippen molar-refractivity contribution in [3.8, 4) is 5.75 Å². The van der Waals surface area contributed by atoms with Crippen LogP contribution in [0.2, 0.25) is 10.0 Å². The third-order valence-electron chi connectivity index (χ3n) is 3.82. The summed E-state index contributed by atoms with van der Waals surface area (Å²) in [6.45, 7) is -1.85. The second-order valence-corrected chi connectivity index (χ2v) is 6.16. The van der Waals surface area contributed by atoms with Crippen LogP contribution in [0.1, 0.15) is 6.42 Å². The summed E-state index contributed by atoms with van der Waals surface area (Å²) in [7, 11) is 0. The summed E-state index contributed by atoms with van der Waals surface area (Å²) in [6, 6.07) is 4.31. The van der Waals surface area contributed by atoms with Gasteiger partial charge in [0.15, 0.2) is 12.0 Å². The van der Waals surface area contributed by atoms with Crippen molar-refractivity contribution in [1.82, 2.24) is 4.90 Å². The molecule has 2 rings (SSSR count). The Morgan fingerprint density at radius 3 is 2.54 bits per heavy atom. The van der Waals surface area contributed by atoms with E-state index in [9.17, 15) is 22.8 Å². The number of likely N-dealkylation sites (tertiary alicyclic amines) is 1. The summed E-state index contributed by atoms with van der Waals surface area (Å²) < 4.78 is 44.4. The van der Waals surface area contributed by atoms with Gasteiger partial charge in [-0.25, -0.2) is 0 Å². The van der Waals surface area contributed by atoms with Crippen molar-refractivity contribution in [3.63, 3.8) is 0 Å². The van der Waals surface area contributed by atoms with Gasteiger partial charge in [0.2, 0.25) is 0 Å². The molecule has 1 amide bonds. The second kappa shape index (κ2) is 6.68. The molecule has 0 aromatic heterocycles. The van der Waals surface area contributed by atoms with Crippen molar-refractivity contribution in [2.75, 3.05) is 19.7 Å². The number of carboxylic acids is 1. The Morgan fingerprint density at radius 2 is 2.00 bits per heavy atom. The highest BCUT2D eigenvalue weighted by atomic mass is 35.5. The summed E-state index contributed by atoms with van der Waals surface area (Å²) >= 11 is 11.6. The van der Waals surface area contributed by atoms with Crippen LogP contribution in [-0.4, -0.2) is 47.8 Å². The zero-order valence-corrected chi connectivity index (χ0v) is 13.6. The monoisotopic (exact) mass is 385 g/mol. The summed E-state index contributed by atoms with van der Waals surface area (Å²) in [6.07, 6.45) is -5.65. The van der Waals surface area contributed by atoms with E-state index in [-0.39, 0.29) is 17.3 Å². The van der Waals surface area contributed by atoms with Crippen LogP contribution in [0.15, 0.2) is 18.2 Å². The lowest BCUT2D eigenvalue weighted by molar-refractivity contribution is -0.227. The standard InChI is InChI=1S/C14H12Cl2F3NO4/c15-8-1-2-9(16)10(5-8)24-6-11(21)20-4-3-13(7-20,12(22)23)14(17,18)19/h1-2,5H,3-4,6-7H2,(H,22,23). The van der Waals surface area contributed by atoms with Gasteiger partial charge in [-0.1, -0.05) is 23.2 Å². The van der Waals surface area contributed by atoms with Gasteiger partial charge in [-0.15, -0.1) is 0 Å². The molecule has 1 heterocycles. The molecular weight excluding hydrogens is 374 g/mol. The number of halogens is 5. The summed E-state index contributed by atoms with van der Waals surface area (Å²) in [5.74, 6) is -2.65. The summed E-state index contributed by atoms with van der Waals surface area (Å²) in [5.41, 5.74) is -2.95. The summed E-state index contributed by atoms with van der Waals surface area (Å²) in [5, 5.41) is 9.45. The van der Waals surface area contributed by atoms with Crippen molar-refractivity contribution in [3.05, 3.63) is 28.2 Å². The number of carboxylic acid groups (broad SMARTS) is 1. The molecular formula is C14H12Cl2F3NO4. The van der Waals surface area contributed by atoms with Gasteiger partial charge < -0.3 is 14.7 Å². The number of nitrogens with zero attached hydrogens (tertiary/aromatic N) is 1. The molecule has 1 N–H and O–H groups in total. The predicted molar refractivity (Wildman–Crippen MR) is 79.3 cm³/mol. The van der Waals surface area contributed by atoms with Crippen LogP contribution >= 0.6 is 23.2 Å². The highest BCUT2D eigenvalue weighted by Crippen LogP contribution is 2.45. The average Bonchev–Trinajstić information content (AvgIpc) is 2.94. The van der Waals surface area contributed by atoms with Crippen molar-refractivity contribution in [2.45, 2.75) is 12.6 Å². The number of rotatable bonds is 4. The zero-order chi connectivity index (χ0) is 18.1. The molecule has 1 fully saturated rings. The molecule has 1 aromatic carbocycles. The van der Waals surface area contributed by atoms with Crippen molar-refractivity contribution in [1.29, 1.82) is 0 Å². The largest absolute Gasteiger partial charge is 0.482 e. The molecule has 1 saturated heterocycles. The molecule has 1 aliphatic heterocycles. The SMILES string of the molecule is O=C(COc1cc(Cl)ccc1Cl)N1CCC(C(=O)O)(C(F)(F)F)C1. The smallest absolute Gasteiger partial charge is 0.406 e. The van der Waals surface area contributed by atoms with Crippen LogP contribution in [0.25, 0.3) is 0 Å². The Balaban J connectivity index is 2.04. The number of hydrogen-bond donors (Lipinski definition) is 1. The maximum absolute atomic E-state index is 13.1. The molecule has 1 unspecified atom stereocenters. The number of ether oxygens (including phenoxy) is 1. The number of benzene rings is 1. The second-order valence-electron chi connectivity index (χ2n) is 5.31. The average molecular weight is 386 g/mol. The first-order chi connectivity index (χ1) is 11.1. The van der Waals surface area contributed by atoms with E-state index in [1.807, 2.05) is 0 Å². The van der Waals surface area contributed by atoms with Crippen molar-refractivity contribution >= 4 is 35.1 Å². The van der Waals surface area contributed by atoms with Gasteiger partial charge in [-0.2, -0.15) is 13.2 Å². The Hall–Kier alpha value is -1.67. The maximum Gasteiger partial charge on any atom is 0.406 e. The molecule has 1 atom stereocenters. The van der Waals surface area contributed by atoms with Crippen LogP contribution in [0, 0.1) is 5.41 Å². The van der Waals surface area contributed by atoms with Crippen LogP contribution in [0.3, 0.4) is 0 Å². The highest BCUT2D eigenvalue weighted by Gasteiger charge is 2.64. The zero-order valence-electron chi connectivity index (χ0n) is 12.1. The lowest BCUT2D eigenvalue weighted by Gasteiger charge is -2.27. The lowest BCUT2D eigenvalue weighted by Crippen LogP contribution is -2.48. The summed E-state index contributed by atoms with van der Waals surface area (Å²) in [4.78, 5) is 23.9. The maximum atomic E-state index is 13.1. The molecule has 0 saturated carbocycles. The van der Waals surface area contributed by atoms with Crippen molar-refractivity contribution < 1.29 is 32.6 Å². The van der Waals surface area contributed by atoms with E-state index in [4.69, 9.17) is 33.0 Å². The van der Waals surface area contributed by atoms with E-state index in [0.29, 0.717) is 5.02 Å². The minimum atomic E-state index is -4.95. The first-order valence-electron chi connectivity index (χ1n) is 6.72. The molecule has 0 radical (unpaired) electrons. The fourth-order valence-electron chi connectivity index (χ4n) is 2.37. The minimum absolute atomic E-state index is 0.108.